The molecule has 23 heavy (non-hydrogen) atoms. The van der Waals surface area contributed by atoms with Gasteiger partial charge >= 0.3 is 5.97 Å². The Labute approximate surface area is 140 Å². The van der Waals surface area contributed by atoms with E-state index in [4.69, 9.17) is 4.74 Å². The van der Waals surface area contributed by atoms with Crippen molar-refractivity contribution in [3.63, 3.8) is 0 Å². The Balaban J connectivity index is 2.36. The Bertz CT molecular complexity index is 709. The molecule has 0 unspecified atom stereocenters. The number of carbonyl (C=O) groups excluding carboxylic acids is 1. The lowest BCUT2D eigenvalue weighted by Crippen LogP contribution is -2.44. The third-order valence-electron chi connectivity index (χ3n) is 4.09. The van der Waals surface area contributed by atoms with Crippen LogP contribution in [0.2, 0.25) is 0 Å². The van der Waals surface area contributed by atoms with Crippen LogP contribution in [0.15, 0.2) is 6.33 Å². The third kappa shape index (κ3) is 3.61. The normalized spacial score (nSPS) is 12.0. The van der Waals surface area contributed by atoms with Crippen molar-refractivity contribution in [2.24, 2.45) is 0 Å². The van der Waals surface area contributed by atoms with Crippen molar-refractivity contribution >= 4 is 33.3 Å². The van der Waals surface area contributed by atoms with E-state index < -0.39 is 0 Å². The minimum Gasteiger partial charge on any atom is -0.462 e. The molecule has 2 aromatic heterocycles. The number of aromatic nitrogens is 2. The number of ether oxygens (including phenoxy) is 1. The number of hydrogen-bond acceptors (Lipinski definition) is 7. The molecule has 0 fully saturated rings. The second kappa shape index (κ2) is 6.80. The summed E-state index contributed by atoms with van der Waals surface area (Å²) in [4.78, 5) is 24.3. The van der Waals surface area contributed by atoms with Crippen LogP contribution in [0.3, 0.4) is 0 Å². The summed E-state index contributed by atoms with van der Waals surface area (Å²) in [6.07, 6.45) is 1.53. The Morgan fingerprint density at radius 1 is 1.39 bits per heavy atom. The summed E-state index contributed by atoms with van der Waals surface area (Å²) in [5.41, 5.74) is 0.847. The number of nitrogens with one attached hydrogen (secondary N) is 1. The topological polar surface area (TPSA) is 67.3 Å². The molecular weight excluding hydrogens is 312 g/mol. The molecular formula is C16H24N4O2S. The first-order chi connectivity index (χ1) is 10.8. The van der Waals surface area contributed by atoms with Gasteiger partial charge in [0.2, 0.25) is 0 Å². The van der Waals surface area contributed by atoms with Crippen LogP contribution in [-0.2, 0) is 4.74 Å². The number of hydrogen-bond donors (Lipinski definition) is 1. The number of anilines is 1. The van der Waals surface area contributed by atoms with E-state index >= 15 is 0 Å². The molecule has 2 aromatic rings. The zero-order valence-corrected chi connectivity index (χ0v) is 15.4. The Morgan fingerprint density at radius 2 is 2.09 bits per heavy atom. The molecule has 0 saturated carbocycles. The van der Waals surface area contributed by atoms with E-state index in [1.54, 1.807) is 6.92 Å². The first-order valence-electron chi connectivity index (χ1n) is 7.60. The number of fused-ring (bicyclic) bond motifs is 1. The summed E-state index contributed by atoms with van der Waals surface area (Å²) in [5, 5.41) is 4.29. The van der Waals surface area contributed by atoms with Gasteiger partial charge in [-0.15, -0.1) is 11.3 Å². The number of nitrogens with zero attached hydrogens (tertiary/aromatic N) is 3. The fourth-order valence-corrected chi connectivity index (χ4v) is 3.10. The highest BCUT2D eigenvalue weighted by molar-refractivity contribution is 7.20. The van der Waals surface area contributed by atoms with E-state index in [-0.39, 0.29) is 11.5 Å². The largest absolute Gasteiger partial charge is 0.462 e. The maximum absolute atomic E-state index is 12.1. The number of esters is 1. The zero-order chi connectivity index (χ0) is 17.2. The predicted molar refractivity (Wildman–Crippen MR) is 94.4 cm³/mol. The van der Waals surface area contributed by atoms with Crippen LogP contribution in [0.25, 0.3) is 10.2 Å². The average Bonchev–Trinajstić information content (AvgIpc) is 2.83. The number of carbonyl (C=O) groups is 1. The maximum atomic E-state index is 12.1. The van der Waals surface area contributed by atoms with Crippen molar-refractivity contribution < 1.29 is 9.53 Å². The quantitative estimate of drug-likeness (QED) is 0.818. The summed E-state index contributed by atoms with van der Waals surface area (Å²) in [6.45, 7) is 9.12. The maximum Gasteiger partial charge on any atom is 0.348 e. The van der Waals surface area contributed by atoms with Gasteiger partial charge in [0.25, 0.3) is 0 Å². The standard InChI is InChI=1S/C16H24N4O2S/c1-7-22-15(21)12-10(2)11-13(18-9-19-14(11)23-12)17-8-16(3,4)20(5)6/h9H,7-8H2,1-6H3,(H,17,18,19). The molecule has 0 aliphatic carbocycles. The van der Waals surface area contributed by atoms with Gasteiger partial charge in [-0.1, -0.05) is 0 Å². The molecule has 1 N–H and O–H groups in total. The highest BCUT2D eigenvalue weighted by Crippen LogP contribution is 2.33. The van der Waals surface area contributed by atoms with Crippen molar-refractivity contribution in [3.05, 3.63) is 16.8 Å². The lowest BCUT2D eigenvalue weighted by molar-refractivity contribution is 0.0531. The van der Waals surface area contributed by atoms with Crippen LogP contribution >= 0.6 is 11.3 Å². The molecule has 7 heteroatoms. The van der Waals surface area contributed by atoms with Crippen molar-refractivity contribution in [1.29, 1.82) is 0 Å². The molecule has 2 rings (SSSR count). The molecule has 0 saturated heterocycles. The Hall–Kier alpha value is -1.73. The number of thiophene rings is 1. The van der Waals surface area contributed by atoms with Gasteiger partial charge in [-0.25, -0.2) is 14.8 Å². The molecule has 2 heterocycles. The molecule has 0 atom stereocenters. The van der Waals surface area contributed by atoms with Gasteiger partial charge in [-0.2, -0.15) is 0 Å². The highest BCUT2D eigenvalue weighted by Gasteiger charge is 2.23. The van der Waals surface area contributed by atoms with E-state index in [1.165, 1.54) is 17.7 Å². The smallest absolute Gasteiger partial charge is 0.348 e. The first kappa shape index (κ1) is 17.6. The average molecular weight is 336 g/mol. The van der Waals surface area contributed by atoms with E-state index in [9.17, 15) is 4.79 Å². The van der Waals surface area contributed by atoms with E-state index in [2.05, 4.69) is 34.0 Å². The van der Waals surface area contributed by atoms with Crippen LogP contribution in [0.4, 0.5) is 5.82 Å². The van der Waals surface area contributed by atoms with Gasteiger partial charge in [0.05, 0.1) is 12.0 Å². The van der Waals surface area contributed by atoms with Gasteiger partial charge in [0.15, 0.2) is 0 Å². The molecule has 0 aliphatic rings. The lowest BCUT2D eigenvalue weighted by Gasteiger charge is -2.32. The van der Waals surface area contributed by atoms with Crippen LogP contribution in [0.1, 0.15) is 36.0 Å². The fraction of sp³-hybridized carbons (Fsp3) is 0.562. The van der Waals surface area contributed by atoms with Gasteiger partial charge in [-0.3, -0.25) is 0 Å². The minimum absolute atomic E-state index is 0.0226. The molecule has 0 radical (unpaired) electrons. The monoisotopic (exact) mass is 336 g/mol. The van der Waals surface area contributed by atoms with Crippen molar-refractivity contribution in [3.8, 4) is 0 Å². The van der Waals surface area contributed by atoms with Crippen molar-refractivity contribution in [2.75, 3.05) is 32.6 Å². The van der Waals surface area contributed by atoms with Crippen LogP contribution < -0.4 is 5.32 Å². The fourth-order valence-electron chi connectivity index (χ4n) is 2.06. The van der Waals surface area contributed by atoms with Crippen LogP contribution in [0.5, 0.6) is 0 Å². The molecule has 126 valence electrons. The number of likely N-dealkylation sites (N-methyl/N-ethyl adjacent to an activating group) is 1. The molecule has 0 aliphatic heterocycles. The summed E-state index contributed by atoms with van der Waals surface area (Å²) in [7, 11) is 4.10. The van der Waals surface area contributed by atoms with Gasteiger partial charge in [-0.05, 0) is 47.4 Å². The van der Waals surface area contributed by atoms with E-state index in [0.717, 1.165) is 28.1 Å². The molecule has 0 spiro atoms. The third-order valence-corrected chi connectivity index (χ3v) is 5.27. The second-order valence-corrected chi connectivity index (χ2v) is 7.24. The number of aryl methyl sites for hydroxylation is 1. The van der Waals surface area contributed by atoms with Gasteiger partial charge in [0, 0.05) is 12.1 Å². The summed E-state index contributed by atoms with van der Waals surface area (Å²) in [6, 6.07) is 0. The summed E-state index contributed by atoms with van der Waals surface area (Å²) < 4.78 is 5.12. The zero-order valence-electron chi connectivity index (χ0n) is 14.6. The van der Waals surface area contributed by atoms with Gasteiger partial charge in [0.1, 0.15) is 21.9 Å². The Kier molecular flexibility index (Phi) is 5.21. The molecule has 0 amide bonds. The number of rotatable bonds is 6. The van der Waals surface area contributed by atoms with E-state index in [1.807, 2.05) is 21.0 Å². The molecule has 0 aromatic carbocycles. The van der Waals surface area contributed by atoms with Crippen molar-refractivity contribution in [2.45, 2.75) is 33.2 Å². The SMILES string of the molecule is CCOC(=O)c1sc2ncnc(NCC(C)(C)N(C)C)c2c1C. The van der Waals surface area contributed by atoms with Crippen LogP contribution in [0, 0.1) is 6.92 Å². The molecule has 6 nitrogen and oxygen atoms in total. The lowest BCUT2D eigenvalue weighted by atomic mass is 10.0. The van der Waals surface area contributed by atoms with Gasteiger partial charge < -0.3 is 15.0 Å². The van der Waals surface area contributed by atoms with Crippen molar-refractivity contribution in [1.82, 2.24) is 14.9 Å². The minimum atomic E-state index is -0.299. The van der Waals surface area contributed by atoms with E-state index in [0.29, 0.717) is 11.5 Å². The first-order valence-corrected chi connectivity index (χ1v) is 8.42. The predicted octanol–water partition coefficient (Wildman–Crippen LogP) is 2.93. The molecule has 0 bridgehead atoms. The van der Waals surface area contributed by atoms with Crippen LogP contribution in [-0.4, -0.2) is 53.6 Å². The summed E-state index contributed by atoms with van der Waals surface area (Å²) >= 11 is 1.35. The Morgan fingerprint density at radius 3 is 2.70 bits per heavy atom. The second-order valence-electron chi connectivity index (χ2n) is 6.24. The summed E-state index contributed by atoms with van der Waals surface area (Å²) in [5.74, 6) is 0.460. The highest BCUT2D eigenvalue weighted by atomic mass is 32.1.